The lowest BCUT2D eigenvalue weighted by Gasteiger charge is -2.30. The first-order valence-electron chi connectivity index (χ1n) is 12.9. The monoisotopic (exact) mass is 512 g/mol. The van der Waals surface area contributed by atoms with E-state index >= 15 is 0 Å². The highest BCUT2D eigenvalue weighted by Gasteiger charge is 2.31. The van der Waals surface area contributed by atoms with Crippen molar-refractivity contribution in [1.82, 2.24) is 21.3 Å². The van der Waals surface area contributed by atoms with Crippen molar-refractivity contribution < 1.29 is 29.1 Å². The summed E-state index contributed by atoms with van der Waals surface area (Å²) in [5, 5.41) is 21.2. The Morgan fingerprint density at radius 2 is 1.28 bits per heavy atom. The molecule has 5 N–H and O–H groups in total. The maximum Gasteiger partial charge on any atom is 0.245 e. The van der Waals surface area contributed by atoms with Crippen molar-refractivity contribution in [2.24, 2.45) is 29.6 Å². The third-order valence-corrected chi connectivity index (χ3v) is 5.63. The van der Waals surface area contributed by atoms with Crippen LogP contribution in [0.15, 0.2) is 0 Å². The van der Waals surface area contributed by atoms with Crippen LogP contribution in [0, 0.1) is 29.6 Å². The van der Waals surface area contributed by atoms with Gasteiger partial charge in [0.05, 0.1) is 18.7 Å². The lowest BCUT2D eigenvalue weighted by molar-refractivity contribution is -0.134. The van der Waals surface area contributed by atoms with Crippen molar-refractivity contribution in [3.8, 4) is 0 Å². The minimum atomic E-state index is -1.02. The highest BCUT2D eigenvalue weighted by Crippen LogP contribution is 2.16. The largest absolute Gasteiger partial charge is 0.391 e. The smallest absolute Gasteiger partial charge is 0.245 e. The van der Waals surface area contributed by atoms with E-state index in [1.54, 1.807) is 20.8 Å². The number of imide groups is 1. The van der Waals surface area contributed by atoms with E-state index in [2.05, 4.69) is 21.3 Å². The third kappa shape index (κ3) is 13.6. The molecule has 2 unspecified atom stereocenters. The first kappa shape index (κ1) is 33.5. The molecule has 208 valence electrons. The Morgan fingerprint density at radius 1 is 0.694 bits per heavy atom. The zero-order valence-electron chi connectivity index (χ0n) is 23.4. The maximum absolute atomic E-state index is 13.0. The van der Waals surface area contributed by atoms with Gasteiger partial charge in [0.2, 0.25) is 29.5 Å². The molecule has 0 saturated heterocycles. The topological polar surface area (TPSA) is 154 Å². The van der Waals surface area contributed by atoms with Gasteiger partial charge in [-0.3, -0.25) is 29.3 Å². The zero-order valence-corrected chi connectivity index (χ0v) is 23.4. The second kappa shape index (κ2) is 16.3. The zero-order chi connectivity index (χ0) is 28.2. The van der Waals surface area contributed by atoms with Crippen molar-refractivity contribution in [2.75, 3.05) is 6.54 Å². The van der Waals surface area contributed by atoms with Crippen LogP contribution in [0.3, 0.4) is 0 Å². The summed E-state index contributed by atoms with van der Waals surface area (Å²) in [5.74, 6) is -2.91. The average molecular weight is 513 g/mol. The molecule has 0 aliphatic heterocycles. The summed E-state index contributed by atoms with van der Waals surface area (Å²) in [5.41, 5.74) is 0. The Kier molecular flexibility index (Phi) is 15.2. The van der Waals surface area contributed by atoms with E-state index in [4.69, 9.17) is 0 Å². The van der Waals surface area contributed by atoms with Crippen LogP contribution in [0.4, 0.5) is 0 Å². The number of amides is 5. The molecule has 0 fully saturated rings. The fraction of sp³-hybridized carbons (Fsp3) is 0.808. The Hall–Kier alpha value is -2.49. The molecule has 0 aromatic carbocycles. The first-order chi connectivity index (χ1) is 16.5. The molecule has 0 aromatic rings. The number of rotatable bonds is 15. The summed E-state index contributed by atoms with van der Waals surface area (Å²) < 4.78 is 0. The van der Waals surface area contributed by atoms with Gasteiger partial charge in [0.25, 0.3) is 0 Å². The minimum absolute atomic E-state index is 0.0576. The lowest BCUT2D eigenvalue weighted by atomic mass is 9.91. The molecule has 0 bridgehead atoms. The van der Waals surface area contributed by atoms with Gasteiger partial charge in [-0.2, -0.15) is 0 Å². The number of carbonyl (C=O) groups is 5. The van der Waals surface area contributed by atoms with Gasteiger partial charge in [-0.25, -0.2) is 0 Å². The molecule has 0 aliphatic carbocycles. The lowest BCUT2D eigenvalue weighted by Crippen LogP contribution is -2.55. The Bertz CT molecular complexity index is 751. The molecule has 5 amide bonds. The molecule has 36 heavy (non-hydrogen) atoms. The minimum Gasteiger partial charge on any atom is -0.391 e. The summed E-state index contributed by atoms with van der Waals surface area (Å²) in [4.78, 5) is 61.2. The van der Waals surface area contributed by atoms with Crippen LogP contribution in [0.25, 0.3) is 0 Å². The Labute approximate surface area is 216 Å². The number of carbonyl (C=O) groups excluding carboxylic acids is 5. The fourth-order valence-electron chi connectivity index (χ4n) is 3.53. The number of hydrogen-bond donors (Lipinski definition) is 5. The van der Waals surface area contributed by atoms with Gasteiger partial charge in [0, 0.05) is 18.3 Å². The molecule has 0 aromatic heterocycles. The molecule has 4 atom stereocenters. The van der Waals surface area contributed by atoms with Crippen LogP contribution in [0.5, 0.6) is 0 Å². The highest BCUT2D eigenvalue weighted by atomic mass is 16.3. The summed E-state index contributed by atoms with van der Waals surface area (Å²) in [6.45, 7) is 16.0. The van der Waals surface area contributed by atoms with Crippen LogP contribution in [0.2, 0.25) is 0 Å². The van der Waals surface area contributed by atoms with Gasteiger partial charge in [-0.05, 0) is 30.6 Å². The second-order valence-electron chi connectivity index (χ2n) is 11.1. The SMILES string of the molecule is CC(C)CC(=O)NC(C(=O)N[C@@H](CC(C)C)[C@@H](O)CC(C)C(=O)NCC(=O)NC(=O)C(C)C)C(C)C. The van der Waals surface area contributed by atoms with E-state index in [-0.39, 0.29) is 48.5 Å². The normalized spacial score (nSPS) is 14.8. The van der Waals surface area contributed by atoms with Crippen LogP contribution >= 0.6 is 0 Å². The predicted molar refractivity (Wildman–Crippen MR) is 138 cm³/mol. The average Bonchev–Trinajstić information content (AvgIpc) is 2.73. The molecule has 10 nitrogen and oxygen atoms in total. The Balaban J connectivity index is 5.13. The number of nitrogens with one attached hydrogen (secondary N) is 4. The number of hydrogen-bond acceptors (Lipinski definition) is 6. The molecular weight excluding hydrogens is 464 g/mol. The molecule has 0 radical (unpaired) electrons. The van der Waals surface area contributed by atoms with Crippen molar-refractivity contribution in [3.63, 3.8) is 0 Å². The number of aliphatic hydroxyl groups excluding tert-OH is 1. The highest BCUT2D eigenvalue weighted by molar-refractivity contribution is 5.98. The quantitative estimate of drug-likeness (QED) is 0.224. The van der Waals surface area contributed by atoms with E-state index in [0.717, 1.165) is 0 Å². The fourth-order valence-corrected chi connectivity index (χ4v) is 3.53. The van der Waals surface area contributed by atoms with E-state index in [9.17, 15) is 29.1 Å². The summed E-state index contributed by atoms with van der Waals surface area (Å²) in [6.07, 6.45) is -0.175. The van der Waals surface area contributed by atoms with Gasteiger partial charge >= 0.3 is 0 Å². The predicted octanol–water partition coefficient (Wildman–Crippen LogP) is 1.51. The molecule has 0 spiro atoms. The van der Waals surface area contributed by atoms with Crippen molar-refractivity contribution in [2.45, 2.75) is 99.8 Å². The summed E-state index contributed by atoms with van der Waals surface area (Å²) in [6, 6.07) is -1.37. The van der Waals surface area contributed by atoms with Crippen molar-refractivity contribution in [1.29, 1.82) is 0 Å². The van der Waals surface area contributed by atoms with Gasteiger partial charge in [0.15, 0.2) is 0 Å². The Morgan fingerprint density at radius 3 is 1.75 bits per heavy atom. The molecule has 0 aliphatic rings. The molecule has 10 heteroatoms. The number of aliphatic hydroxyl groups is 1. The second-order valence-corrected chi connectivity index (χ2v) is 11.1. The standard InChI is InChI=1S/C26H48N4O6/c1-14(2)10-19(28-26(36)23(16(5)6)29-21(32)11-15(3)4)20(31)12-18(9)25(35)27-13-22(33)30-24(34)17(7)8/h14-20,23,31H,10-13H2,1-9H3,(H,27,35)(H,28,36)(H,29,32)(H,30,33,34)/t18?,19-,20-,23?/m0/s1. The van der Waals surface area contributed by atoms with Crippen LogP contribution in [0.1, 0.15) is 81.6 Å². The molecule has 0 rings (SSSR count). The van der Waals surface area contributed by atoms with E-state index in [1.165, 1.54) is 0 Å². The first-order valence-corrected chi connectivity index (χ1v) is 12.9. The van der Waals surface area contributed by atoms with Crippen molar-refractivity contribution >= 4 is 29.5 Å². The van der Waals surface area contributed by atoms with Gasteiger partial charge < -0.3 is 21.1 Å². The van der Waals surface area contributed by atoms with Gasteiger partial charge in [0.1, 0.15) is 6.04 Å². The maximum atomic E-state index is 13.0. The molecule has 0 saturated carbocycles. The van der Waals surface area contributed by atoms with E-state index < -0.39 is 41.8 Å². The van der Waals surface area contributed by atoms with Crippen LogP contribution < -0.4 is 21.3 Å². The molecule has 0 heterocycles. The van der Waals surface area contributed by atoms with Gasteiger partial charge in [-0.1, -0.05) is 62.3 Å². The summed E-state index contributed by atoms with van der Waals surface area (Å²) in [7, 11) is 0. The van der Waals surface area contributed by atoms with Gasteiger partial charge in [-0.15, -0.1) is 0 Å². The molecular formula is C26H48N4O6. The van der Waals surface area contributed by atoms with Crippen LogP contribution in [-0.2, 0) is 24.0 Å². The van der Waals surface area contributed by atoms with E-state index in [1.807, 2.05) is 41.5 Å². The summed E-state index contributed by atoms with van der Waals surface area (Å²) >= 11 is 0. The third-order valence-electron chi connectivity index (χ3n) is 5.63. The van der Waals surface area contributed by atoms with E-state index in [0.29, 0.717) is 12.8 Å². The van der Waals surface area contributed by atoms with Crippen molar-refractivity contribution in [3.05, 3.63) is 0 Å². The van der Waals surface area contributed by atoms with Crippen LogP contribution in [-0.4, -0.2) is 59.4 Å².